The van der Waals surface area contributed by atoms with Crippen molar-refractivity contribution < 1.29 is 41.8 Å². The molecule has 1 aliphatic carbocycles. The Kier molecular flexibility index (Phi) is 10.2. The van der Waals surface area contributed by atoms with E-state index in [2.05, 4.69) is 12.2 Å². The van der Waals surface area contributed by atoms with E-state index >= 15 is 0 Å². The van der Waals surface area contributed by atoms with Crippen LogP contribution in [0, 0.1) is 11.8 Å². The maximum atomic E-state index is 13.9. The molecule has 1 aliphatic rings. The van der Waals surface area contributed by atoms with Gasteiger partial charge < -0.3 is 30.2 Å². The molecule has 41 heavy (non-hydrogen) atoms. The first kappa shape index (κ1) is 31.7. The van der Waals surface area contributed by atoms with Gasteiger partial charge in [0.2, 0.25) is 11.8 Å². The van der Waals surface area contributed by atoms with Gasteiger partial charge in [-0.25, -0.2) is 4.79 Å². The summed E-state index contributed by atoms with van der Waals surface area (Å²) in [6, 6.07) is 5.34. The van der Waals surface area contributed by atoms with E-state index in [1.54, 1.807) is 0 Å². The normalized spacial score (nSPS) is 17.2. The average Bonchev–Trinajstić information content (AvgIpc) is 2.90. The summed E-state index contributed by atoms with van der Waals surface area (Å²) in [5, 5.41) is 2.38. The number of nitrogens with zero attached hydrogens (tertiary/aromatic N) is 1. The lowest BCUT2D eigenvalue weighted by Gasteiger charge is -2.34. The van der Waals surface area contributed by atoms with Crippen LogP contribution in [0.25, 0.3) is 0 Å². The van der Waals surface area contributed by atoms with E-state index in [9.17, 15) is 27.6 Å². The molecule has 0 unspecified atom stereocenters. The molecule has 2 amide bonds. The molecule has 12 heteroatoms. The van der Waals surface area contributed by atoms with Crippen LogP contribution in [-0.4, -0.2) is 44.7 Å². The standard InChI is InChI=1S/C29H36F3N3O6/c1-16(2)35(27(37)18-8-6-17(3)7-9-18)24-11-10-19(12-20(24)28(38)40-5)41-25-14-23(34-26(36)15-39-4)22(33)13-21(25)29(30,31)32/h10-14,16-18H,6-9,15,33H2,1-5H3,(H,34,36)/t17-,18-. The predicted octanol–water partition coefficient (Wildman–Crippen LogP) is 6.02. The van der Waals surface area contributed by atoms with E-state index in [4.69, 9.17) is 19.9 Å². The molecular formula is C29H36F3N3O6. The number of carbonyl (C=O) groups is 3. The lowest BCUT2D eigenvalue weighted by molar-refractivity contribution is -0.138. The molecule has 9 nitrogen and oxygen atoms in total. The van der Waals surface area contributed by atoms with Crippen LogP contribution in [0.3, 0.4) is 0 Å². The number of amides is 2. The number of carbonyl (C=O) groups excluding carboxylic acids is 3. The molecule has 0 atom stereocenters. The lowest BCUT2D eigenvalue weighted by Crippen LogP contribution is -2.43. The fraction of sp³-hybridized carbons (Fsp3) is 0.483. The minimum absolute atomic E-state index is 0.0474. The van der Waals surface area contributed by atoms with Crippen molar-refractivity contribution in [1.29, 1.82) is 0 Å². The van der Waals surface area contributed by atoms with Gasteiger partial charge in [0, 0.05) is 25.1 Å². The fourth-order valence-electron chi connectivity index (χ4n) is 4.87. The van der Waals surface area contributed by atoms with Crippen molar-refractivity contribution in [2.24, 2.45) is 11.8 Å². The quantitative estimate of drug-likeness (QED) is 0.275. The molecule has 1 saturated carbocycles. The Morgan fingerprint density at radius 2 is 1.73 bits per heavy atom. The molecule has 0 aliphatic heterocycles. The van der Waals surface area contributed by atoms with Crippen LogP contribution in [-0.2, 0) is 25.2 Å². The van der Waals surface area contributed by atoms with E-state index in [0.29, 0.717) is 12.0 Å². The summed E-state index contributed by atoms with van der Waals surface area (Å²) in [4.78, 5) is 40.0. The second kappa shape index (κ2) is 13.2. The number of anilines is 3. The topological polar surface area (TPSA) is 120 Å². The molecule has 0 spiro atoms. The number of ether oxygens (including phenoxy) is 3. The maximum absolute atomic E-state index is 13.9. The molecule has 0 radical (unpaired) electrons. The summed E-state index contributed by atoms with van der Waals surface area (Å²) in [5.41, 5.74) is 4.37. The van der Waals surface area contributed by atoms with Crippen molar-refractivity contribution in [3.8, 4) is 11.5 Å². The summed E-state index contributed by atoms with van der Waals surface area (Å²) in [6.45, 7) is 5.44. The van der Waals surface area contributed by atoms with Crippen molar-refractivity contribution in [2.75, 3.05) is 36.8 Å². The van der Waals surface area contributed by atoms with E-state index < -0.39 is 29.4 Å². The summed E-state index contributed by atoms with van der Waals surface area (Å²) in [5.74, 6) is -1.99. The van der Waals surface area contributed by atoms with Crippen molar-refractivity contribution in [1.82, 2.24) is 0 Å². The first-order valence-electron chi connectivity index (χ1n) is 13.3. The van der Waals surface area contributed by atoms with Gasteiger partial charge in [-0.1, -0.05) is 6.92 Å². The highest BCUT2D eigenvalue weighted by Crippen LogP contribution is 2.43. The molecule has 2 aromatic rings. The van der Waals surface area contributed by atoms with Crippen molar-refractivity contribution >= 4 is 34.8 Å². The number of alkyl halides is 3. The molecule has 0 aromatic heterocycles. The van der Waals surface area contributed by atoms with E-state index in [1.807, 2.05) is 13.8 Å². The predicted molar refractivity (Wildman–Crippen MR) is 148 cm³/mol. The molecular weight excluding hydrogens is 543 g/mol. The van der Waals surface area contributed by atoms with Gasteiger partial charge in [0.1, 0.15) is 23.7 Å². The van der Waals surface area contributed by atoms with E-state index in [1.165, 1.54) is 37.3 Å². The Balaban J connectivity index is 2.04. The van der Waals surface area contributed by atoms with Gasteiger partial charge in [-0.2, -0.15) is 13.2 Å². The van der Waals surface area contributed by atoms with E-state index in [0.717, 1.165) is 31.7 Å². The van der Waals surface area contributed by atoms with Crippen LogP contribution in [0.2, 0.25) is 0 Å². The largest absolute Gasteiger partial charge is 0.465 e. The molecule has 2 aromatic carbocycles. The Labute approximate surface area is 237 Å². The highest BCUT2D eigenvalue weighted by atomic mass is 19.4. The number of nitrogens with one attached hydrogen (secondary N) is 1. The molecule has 0 saturated heterocycles. The molecule has 0 heterocycles. The molecule has 3 rings (SSSR count). The highest BCUT2D eigenvalue weighted by molar-refractivity contribution is 6.04. The van der Waals surface area contributed by atoms with Gasteiger partial charge in [0.05, 0.1) is 29.7 Å². The Hall–Kier alpha value is -3.80. The van der Waals surface area contributed by atoms with Crippen LogP contribution in [0.15, 0.2) is 30.3 Å². The number of methoxy groups -OCH3 is 2. The molecule has 0 bridgehead atoms. The Morgan fingerprint density at radius 3 is 2.29 bits per heavy atom. The van der Waals surface area contributed by atoms with E-state index in [-0.39, 0.29) is 52.8 Å². The number of benzene rings is 2. The van der Waals surface area contributed by atoms with Crippen LogP contribution in [0.4, 0.5) is 30.2 Å². The van der Waals surface area contributed by atoms with Crippen LogP contribution >= 0.6 is 0 Å². The SMILES string of the molecule is COCC(=O)Nc1cc(Oc2ccc(N(C(=O)[C@H]3CC[C@H](C)CC3)C(C)C)c(C(=O)OC)c2)c(C(F)(F)F)cc1N. The van der Waals surface area contributed by atoms with Crippen molar-refractivity contribution in [3.05, 3.63) is 41.5 Å². The molecule has 3 N–H and O–H groups in total. The summed E-state index contributed by atoms with van der Waals surface area (Å²) >= 11 is 0. The first-order chi connectivity index (χ1) is 19.3. The maximum Gasteiger partial charge on any atom is 0.420 e. The second-order valence-electron chi connectivity index (χ2n) is 10.4. The number of nitrogens with two attached hydrogens (primary N) is 1. The number of hydrogen-bond acceptors (Lipinski definition) is 7. The third kappa shape index (κ3) is 7.69. The van der Waals surface area contributed by atoms with Gasteiger partial charge in [0.15, 0.2) is 0 Å². The van der Waals surface area contributed by atoms with Crippen LogP contribution in [0.5, 0.6) is 11.5 Å². The Bertz CT molecular complexity index is 1270. The third-order valence-corrected chi connectivity index (χ3v) is 6.99. The number of halogens is 3. The Morgan fingerprint density at radius 1 is 1.07 bits per heavy atom. The monoisotopic (exact) mass is 579 g/mol. The van der Waals surface area contributed by atoms with Gasteiger partial charge in [-0.3, -0.25) is 9.59 Å². The number of nitrogen functional groups attached to an aromatic ring is 1. The van der Waals surface area contributed by atoms with Crippen LogP contribution < -0.4 is 20.7 Å². The zero-order valence-corrected chi connectivity index (χ0v) is 23.8. The highest BCUT2D eigenvalue weighted by Gasteiger charge is 2.36. The molecule has 224 valence electrons. The van der Waals surface area contributed by atoms with Gasteiger partial charge in [0.25, 0.3) is 0 Å². The fourth-order valence-corrected chi connectivity index (χ4v) is 4.87. The van der Waals surface area contributed by atoms with Gasteiger partial charge >= 0.3 is 12.1 Å². The average molecular weight is 580 g/mol. The minimum atomic E-state index is -4.85. The van der Waals surface area contributed by atoms with Gasteiger partial charge in [-0.15, -0.1) is 0 Å². The lowest BCUT2D eigenvalue weighted by atomic mass is 9.82. The van der Waals surface area contributed by atoms with Crippen LogP contribution in [0.1, 0.15) is 62.4 Å². The third-order valence-electron chi connectivity index (χ3n) is 6.99. The first-order valence-corrected chi connectivity index (χ1v) is 13.3. The zero-order valence-electron chi connectivity index (χ0n) is 23.8. The van der Waals surface area contributed by atoms with Crippen molar-refractivity contribution in [2.45, 2.75) is 58.7 Å². The summed E-state index contributed by atoms with van der Waals surface area (Å²) in [6.07, 6.45) is -1.52. The minimum Gasteiger partial charge on any atom is -0.465 e. The summed E-state index contributed by atoms with van der Waals surface area (Å²) in [7, 11) is 2.46. The number of esters is 1. The second-order valence-corrected chi connectivity index (χ2v) is 10.4. The zero-order chi connectivity index (χ0) is 30.5. The number of rotatable bonds is 9. The number of hydrogen-bond donors (Lipinski definition) is 2. The summed E-state index contributed by atoms with van der Waals surface area (Å²) < 4.78 is 57.0. The smallest absolute Gasteiger partial charge is 0.420 e. The molecule has 1 fully saturated rings. The van der Waals surface area contributed by atoms with Gasteiger partial charge in [-0.05, 0) is 69.7 Å². The van der Waals surface area contributed by atoms with Crippen molar-refractivity contribution in [3.63, 3.8) is 0 Å².